The van der Waals surface area contributed by atoms with E-state index in [1.807, 2.05) is 6.07 Å². The highest BCUT2D eigenvalue weighted by molar-refractivity contribution is 5.28. The predicted octanol–water partition coefficient (Wildman–Crippen LogP) is 2.40. The van der Waals surface area contributed by atoms with Gasteiger partial charge in [0, 0.05) is 25.8 Å². The Bertz CT molecular complexity index is 348. The summed E-state index contributed by atoms with van der Waals surface area (Å²) in [4.78, 5) is 0. The monoisotopic (exact) mass is 249 g/mol. The van der Waals surface area contributed by atoms with Gasteiger partial charge in [0.2, 0.25) is 0 Å². The molecule has 2 rings (SSSR count). The van der Waals surface area contributed by atoms with Crippen molar-refractivity contribution in [3.63, 3.8) is 0 Å². The number of rotatable bonds is 6. The van der Waals surface area contributed by atoms with Crippen LogP contribution in [0.25, 0.3) is 0 Å². The first kappa shape index (κ1) is 13.4. The van der Waals surface area contributed by atoms with Gasteiger partial charge >= 0.3 is 0 Å². The molecular formula is C15H23NO2. The van der Waals surface area contributed by atoms with Crippen LogP contribution in [0.1, 0.15) is 25.3 Å². The summed E-state index contributed by atoms with van der Waals surface area (Å²) in [7, 11) is 0. The van der Waals surface area contributed by atoms with Crippen LogP contribution in [0.15, 0.2) is 24.3 Å². The summed E-state index contributed by atoms with van der Waals surface area (Å²) in [6, 6.07) is 8.93. The molecule has 0 aliphatic carbocycles. The standard InChI is InChI=1S/C15H23NO2/c1-2-13-4-3-5-15(12-13)18-11-8-16-14-6-9-17-10-7-14/h3-5,12,14,16H,2,6-11H2,1H3. The SMILES string of the molecule is CCc1cccc(OCCNC2CCOCC2)c1. The largest absolute Gasteiger partial charge is 0.492 e. The van der Waals surface area contributed by atoms with Gasteiger partial charge in [-0.1, -0.05) is 19.1 Å². The molecule has 1 fully saturated rings. The lowest BCUT2D eigenvalue weighted by atomic mass is 10.1. The van der Waals surface area contributed by atoms with Crippen LogP contribution in [-0.2, 0) is 11.2 Å². The van der Waals surface area contributed by atoms with Gasteiger partial charge in [-0.15, -0.1) is 0 Å². The zero-order valence-electron chi connectivity index (χ0n) is 11.2. The minimum Gasteiger partial charge on any atom is -0.492 e. The van der Waals surface area contributed by atoms with E-state index in [4.69, 9.17) is 9.47 Å². The summed E-state index contributed by atoms with van der Waals surface area (Å²) in [6.07, 6.45) is 3.29. The van der Waals surface area contributed by atoms with Crippen molar-refractivity contribution in [2.24, 2.45) is 0 Å². The maximum atomic E-state index is 5.75. The minimum absolute atomic E-state index is 0.601. The highest BCUT2D eigenvalue weighted by Crippen LogP contribution is 2.13. The lowest BCUT2D eigenvalue weighted by Gasteiger charge is -2.23. The maximum Gasteiger partial charge on any atom is 0.119 e. The molecule has 100 valence electrons. The van der Waals surface area contributed by atoms with Crippen LogP contribution in [0.4, 0.5) is 0 Å². The first-order chi connectivity index (χ1) is 8.88. The molecule has 1 heterocycles. The number of aryl methyl sites for hydroxylation is 1. The summed E-state index contributed by atoms with van der Waals surface area (Å²) >= 11 is 0. The number of nitrogens with one attached hydrogen (secondary N) is 1. The van der Waals surface area contributed by atoms with Gasteiger partial charge in [0.05, 0.1) is 0 Å². The number of hydrogen-bond acceptors (Lipinski definition) is 3. The Morgan fingerprint density at radius 1 is 1.33 bits per heavy atom. The van der Waals surface area contributed by atoms with Gasteiger partial charge in [0.1, 0.15) is 12.4 Å². The lowest BCUT2D eigenvalue weighted by Crippen LogP contribution is -2.37. The second-order valence-electron chi connectivity index (χ2n) is 4.69. The van der Waals surface area contributed by atoms with Crippen molar-refractivity contribution in [2.75, 3.05) is 26.4 Å². The molecule has 1 aromatic rings. The quantitative estimate of drug-likeness (QED) is 0.785. The molecule has 0 radical (unpaired) electrons. The zero-order chi connectivity index (χ0) is 12.6. The Morgan fingerprint density at radius 2 is 2.17 bits per heavy atom. The summed E-state index contributed by atoms with van der Waals surface area (Å²) in [5, 5.41) is 3.52. The third kappa shape index (κ3) is 4.31. The molecule has 1 N–H and O–H groups in total. The van der Waals surface area contributed by atoms with Crippen molar-refractivity contribution in [3.8, 4) is 5.75 Å². The third-order valence-electron chi connectivity index (χ3n) is 3.33. The molecule has 1 aliphatic heterocycles. The van der Waals surface area contributed by atoms with E-state index in [0.717, 1.165) is 51.4 Å². The van der Waals surface area contributed by atoms with Gasteiger partial charge in [-0.3, -0.25) is 0 Å². The van der Waals surface area contributed by atoms with Gasteiger partial charge in [-0.25, -0.2) is 0 Å². The fraction of sp³-hybridized carbons (Fsp3) is 0.600. The van der Waals surface area contributed by atoms with E-state index in [1.165, 1.54) is 5.56 Å². The van der Waals surface area contributed by atoms with Gasteiger partial charge in [-0.05, 0) is 37.0 Å². The van der Waals surface area contributed by atoms with Crippen LogP contribution in [0, 0.1) is 0 Å². The van der Waals surface area contributed by atoms with E-state index in [2.05, 4.69) is 30.4 Å². The molecule has 0 amide bonds. The Kier molecular flexibility index (Phi) is 5.49. The molecule has 0 bridgehead atoms. The third-order valence-corrected chi connectivity index (χ3v) is 3.33. The Morgan fingerprint density at radius 3 is 2.94 bits per heavy atom. The predicted molar refractivity (Wildman–Crippen MR) is 73.2 cm³/mol. The van der Waals surface area contributed by atoms with E-state index in [1.54, 1.807) is 0 Å². The fourth-order valence-corrected chi connectivity index (χ4v) is 2.19. The van der Waals surface area contributed by atoms with Crippen LogP contribution in [0.5, 0.6) is 5.75 Å². The molecule has 1 saturated heterocycles. The Balaban J connectivity index is 1.65. The van der Waals surface area contributed by atoms with Crippen molar-refractivity contribution < 1.29 is 9.47 Å². The van der Waals surface area contributed by atoms with Crippen molar-refractivity contribution in [1.29, 1.82) is 0 Å². The Labute approximate surface area is 109 Å². The second kappa shape index (κ2) is 7.39. The normalized spacial score (nSPS) is 16.7. The highest BCUT2D eigenvalue weighted by Gasteiger charge is 2.12. The van der Waals surface area contributed by atoms with Crippen molar-refractivity contribution >= 4 is 0 Å². The van der Waals surface area contributed by atoms with Crippen LogP contribution in [0.2, 0.25) is 0 Å². The van der Waals surface area contributed by atoms with Gasteiger partial charge in [-0.2, -0.15) is 0 Å². The van der Waals surface area contributed by atoms with Crippen molar-refractivity contribution in [2.45, 2.75) is 32.2 Å². The van der Waals surface area contributed by atoms with E-state index >= 15 is 0 Å². The molecule has 0 spiro atoms. The van der Waals surface area contributed by atoms with Crippen LogP contribution < -0.4 is 10.1 Å². The first-order valence-corrected chi connectivity index (χ1v) is 6.91. The molecule has 0 saturated carbocycles. The molecule has 18 heavy (non-hydrogen) atoms. The molecule has 0 atom stereocenters. The summed E-state index contributed by atoms with van der Waals surface area (Å²) in [5.74, 6) is 0.975. The summed E-state index contributed by atoms with van der Waals surface area (Å²) in [5.41, 5.74) is 1.32. The van der Waals surface area contributed by atoms with E-state index in [0.29, 0.717) is 6.04 Å². The highest BCUT2D eigenvalue weighted by atomic mass is 16.5. The second-order valence-corrected chi connectivity index (χ2v) is 4.69. The topological polar surface area (TPSA) is 30.5 Å². The summed E-state index contributed by atoms with van der Waals surface area (Å²) < 4.78 is 11.1. The van der Waals surface area contributed by atoms with Crippen LogP contribution in [0.3, 0.4) is 0 Å². The smallest absolute Gasteiger partial charge is 0.119 e. The zero-order valence-corrected chi connectivity index (χ0v) is 11.2. The molecule has 3 heteroatoms. The number of hydrogen-bond donors (Lipinski definition) is 1. The first-order valence-electron chi connectivity index (χ1n) is 6.91. The summed E-state index contributed by atoms with van der Waals surface area (Å²) in [6.45, 7) is 5.56. The lowest BCUT2D eigenvalue weighted by molar-refractivity contribution is 0.0770. The van der Waals surface area contributed by atoms with E-state index < -0.39 is 0 Å². The fourth-order valence-electron chi connectivity index (χ4n) is 2.19. The average molecular weight is 249 g/mol. The van der Waals surface area contributed by atoms with E-state index in [-0.39, 0.29) is 0 Å². The molecular weight excluding hydrogens is 226 g/mol. The van der Waals surface area contributed by atoms with Crippen molar-refractivity contribution in [1.82, 2.24) is 5.32 Å². The van der Waals surface area contributed by atoms with Crippen LogP contribution in [-0.4, -0.2) is 32.4 Å². The van der Waals surface area contributed by atoms with Gasteiger partial charge in [0.25, 0.3) is 0 Å². The number of ether oxygens (including phenoxy) is 2. The maximum absolute atomic E-state index is 5.75. The molecule has 0 aromatic heterocycles. The molecule has 0 unspecified atom stereocenters. The molecule has 1 aromatic carbocycles. The average Bonchev–Trinajstić information content (AvgIpc) is 2.45. The van der Waals surface area contributed by atoms with E-state index in [9.17, 15) is 0 Å². The van der Waals surface area contributed by atoms with Gasteiger partial charge < -0.3 is 14.8 Å². The minimum atomic E-state index is 0.601. The molecule has 1 aliphatic rings. The molecule has 3 nitrogen and oxygen atoms in total. The number of benzene rings is 1. The van der Waals surface area contributed by atoms with Gasteiger partial charge in [0.15, 0.2) is 0 Å². The Hall–Kier alpha value is -1.06. The van der Waals surface area contributed by atoms with Crippen LogP contribution >= 0.6 is 0 Å². The van der Waals surface area contributed by atoms with Crippen molar-refractivity contribution in [3.05, 3.63) is 29.8 Å².